The van der Waals surface area contributed by atoms with Crippen molar-refractivity contribution in [1.29, 1.82) is 0 Å². The molecule has 1 atom stereocenters. The maximum absolute atomic E-state index is 4.34. The van der Waals surface area contributed by atoms with Crippen LogP contribution < -0.4 is 4.31 Å². The number of imidazole rings is 1. The zero-order chi connectivity index (χ0) is 16.4. The Kier molecular flexibility index (Phi) is 4.05. The molecule has 0 amide bonds. The number of allylic oxidation sites excluding steroid dienone is 2. The summed E-state index contributed by atoms with van der Waals surface area (Å²) in [5, 5.41) is 2.31. The molecule has 3 aromatic rings. The minimum Gasteiger partial charge on any atom is -0.329 e. The van der Waals surface area contributed by atoms with Gasteiger partial charge in [-0.25, -0.2) is 4.98 Å². The average Bonchev–Trinajstić information content (AvgIpc) is 3.23. The van der Waals surface area contributed by atoms with Gasteiger partial charge in [0.15, 0.2) is 0 Å². The van der Waals surface area contributed by atoms with E-state index in [0.717, 1.165) is 12.4 Å². The molecule has 0 radical (unpaired) electrons. The van der Waals surface area contributed by atoms with E-state index >= 15 is 0 Å². The van der Waals surface area contributed by atoms with E-state index in [1.807, 2.05) is 19.3 Å². The van der Waals surface area contributed by atoms with Gasteiger partial charge in [0.25, 0.3) is 0 Å². The van der Waals surface area contributed by atoms with E-state index in [4.69, 9.17) is 0 Å². The summed E-state index contributed by atoms with van der Waals surface area (Å²) in [6.07, 6.45) is 6.15. The quantitative estimate of drug-likeness (QED) is 0.649. The molecular weight excluding hydrogens is 314 g/mol. The average molecular weight is 333 g/mol. The molecule has 0 fully saturated rings. The van der Waals surface area contributed by atoms with Crippen LogP contribution in [0.1, 0.15) is 5.82 Å². The summed E-state index contributed by atoms with van der Waals surface area (Å²) in [5.74, 6) is 1.04. The normalized spacial score (nSPS) is 16.8. The molecule has 4 heteroatoms. The number of aryl methyl sites for hydroxylation is 1. The molecule has 0 saturated carbocycles. The molecule has 0 aliphatic carbocycles. The highest BCUT2D eigenvalue weighted by atomic mass is 32.2. The zero-order valence-electron chi connectivity index (χ0n) is 13.5. The van der Waals surface area contributed by atoms with Crippen molar-refractivity contribution in [2.45, 2.75) is 18.4 Å². The first-order chi connectivity index (χ1) is 11.8. The van der Waals surface area contributed by atoms with Crippen molar-refractivity contribution >= 4 is 21.7 Å². The molecular formula is C20H19N3S. The maximum Gasteiger partial charge on any atom is 0.105 e. The van der Waals surface area contributed by atoms with Crippen LogP contribution >= 0.6 is 10.7 Å². The van der Waals surface area contributed by atoms with Crippen LogP contribution in [0, 0.1) is 6.92 Å². The van der Waals surface area contributed by atoms with Crippen molar-refractivity contribution < 1.29 is 0 Å². The van der Waals surface area contributed by atoms with Crippen LogP contribution in [0.25, 0.3) is 0 Å². The van der Waals surface area contributed by atoms with Gasteiger partial charge >= 0.3 is 0 Å². The summed E-state index contributed by atoms with van der Waals surface area (Å²) in [5.41, 5.74) is 2.51. The van der Waals surface area contributed by atoms with E-state index in [1.54, 1.807) is 0 Å². The Bertz CT molecular complexity index is 895. The summed E-state index contributed by atoms with van der Waals surface area (Å²) in [7, 11) is -0.0956. The molecule has 2 heterocycles. The van der Waals surface area contributed by atoms with E-state index in [9.17, 15) is 0 Å². The monoisotopic (exact) mass is 333 g/mol. The van der Waals surface area contributed by atoms with Crippen molar-refractivity contribution in [2.75, 3.05) is 4.31 Å². The Morgan fingerprint density at radius 3 is 2.33 bits per heavy atom. The van der Waals surface area contributed by atoms with E-state index < -0.39 is 0 Å². The molecule has 1 aromatic heterocycles. The molecule has 24 heavy (non-hydrogen) atoms. The number of benzene rings is 2. The standard InChI is InChI=1S/C20H19N3S/c1-17-21-13-14-22(17)16-19-12-15-24(20-10-6-3-7-11-20)23(19)18-8-4-2-5-9-18/h2-15H,16H2,1H3. The summed E-state index contributed by atoms with van der Waals surface area (Å²) in [6.45, 7) is 2.87. The molecule has 2 aromatic carbocycles. The Balaban J connectivity index is 1.72. The van der Waals surface area contributed by atoms with Crippen LogP contribution in [-0.4, -0.2) is 14.9 Å². The van der Waals surface area contributed by atoms with Crippen molar-refractivity contribution in [3.05, 3.63) is 90.7 Å². The lowest BCUT2D eigenvalue weighted by atomic mass is 10.3. The fourth-order valence-corrected chi connectivity index (χ4v) is 4.78. The number of hydrogen-bond donors (Lipinski definition) is 0. The Morgan fingerprint density at radius 1 is 0.958 bits per heavy atom. The topological polar surface area (TPSA) is 21.1 Å². The van der Waals surface area contributed by atoms with Gasteiger partial charge in [-0.2, -0.15) is 0 Å². The SMILES string of the molecule is Cc1nccn1CC1=CC=S(c2ccccc2)N1c1ccccc1. The molecule has 0 N–H and O–H groups in total. The second-order valence-corrected chi connectivity index (χ2v) is 7.39. The number of rotatable bonds is 4. The lowest BCUT2D eigenvalue weighted by Crippen LogP contribution is -2.18. The predicted octanol–water partition coefficient (Wildman–Crippen LogP) is 4.64. The van der Waals surface area contributed by atoms with Gasteiger partial charge in [0.1, 0.15) is 5.82 Å². The van der Waals surface area contributed by atoms with Crippen LogP contribution in [0.2, 0.25) is 0 Å². The molecule has 1 aliphatic rings. The highest BCUT2D eigenvalue weighted by Gasteiger charge is 2.21. The van der Waals surface area contributed by atoms with Crippen molar-refractivity contribution in [3.63, 3.8) is 0 Å². The minimum absolute atomic E-state index is 0.0956. The Hall–Kier alpha value is -2.59. The number of hydrogen-bond acceptors (Lipinski definition) is 2. The zero-order valence-corrected chi connectivity index (χ0v) is 14.4. The van der Waals surface area contributed by atoms with Gasteiger partial charge in [0.2, 0.25) is 0 Å². The molecule has 3 nitrogen and oxygen atoms in total. The van der Waals surface area contributed by atoms with Gasteiger partial charge in [0.05, 0.1) is 17.9 Å². The van der Waals surface area contributed by atoms with Crippen molar-refractivity contribution in [1.82, 2.24) is 9.55 Å². The van der Waals surface area contributed by atoms with Gasteiger partial charge in [-0.3, -0.25) is 4.31 Å². The second-order valence-electron chi connectivity index (χ2n) is 5.65. The van der Waals surface area contributed by atoms with Crippen LogP contribution in [0.4, 0.5) is 5.69 Å². The van der Waals surface area contributed by atoms with E-state index in [0.29, 0.717) is 0 Å². The molecule has 1 aliphatic heterocycles. The lowest BCUT2D eigenvalue weighted by molar-refractivity contribution is 0.745. The van der Waals surface area contributed by atoms with Gasteiger partial charge < -0.3 is 4.57 Å². The number of aromatic nitrogens is 2. The minimum atomic E-state index is -0.0956. The molecule has 0 saturated heterocycles. The molecule has 0 spiro atoms. The van der Waals surface area contributed by atoms with E-state index in [1.165, 1.54) is 16.3 Å². The summed E-state index contributed by atoms with van der Waals surface area (Å²) >= 11 is 0. The number of anilines is 1. The largest absolute Gasteiger partial charge is 0.329 e. The summed E-state index contributed by atoms with van der Waals surface area (Å²) < 4.78 is 4.63. The third-order valence-corrected chi connectivity index (χ3v) is 6.07. The van der Waals surface area contributed by atoms with Crippen LogP contribution in [0.5, 0.6) is 0 Å². The fraction of sp³-hybridized carbons (Fsp3) is 0.100. The van der Waals surface area contributed by atoms with Crippen molar-refractivity contribution in [2.24, 2.45) is 0 Å². The third kappa shape index (κ3) is 2.81. The number of para-hydroxylation sites is 1. The number of nitrogens with zero attached hydrogens (tertiary/aromatic N) is 3. The van der Waals surface area contributed by atoms with E-state index in [2.05, 4.69) is 86.0 Å². The second kappa shape index (κ2) is 6.49. The van der Waals surface area contributed by atoms with Gasteiger partial charge in [-0.15, -0.1) is 0 Å². The van der Waals surface area contributed by atoms with E-state index in [-0.39, 0.29) is 10.7 Å². The first-order valence-corrected chi connectivity index (χ1v) is 9.22. The lowest BCUT2D eigenvalue weighted by Gasteiger charge is -2.27. The van der Waals surface area contributed by atoms with Crippen LogP contribution in [-0.2, 0) is 6.54 Å². The smallest absolute Gasteiger partial charge is 0.105 e. The third-order valence-electron chi connectivity index (χ3n) is 4.08. The first-order valence-electron chi connectivity index (χ1n) is 7.98. The highest BCUT2D eigenvalue weighted by molar-refractivity contribution is 8.16. The summed E-state index contributed by atoms with van der Waals surface area (Å²) in [4.78, 5) is 5.67. The first kappa shape index (κ1) is 15.0. The summed E-state index contributed by atoms with van der Waals surface area (Å²) in [6, 6.07) is 21.3. The molecule has 0 bridgehead atoms. The van der Waals surface area contributed by atoms with Gasteiger partial charge in [-0.1, -0.05) is 47.1 Å². The fourth-order valence-electron chi connectivity index (χ4n) is 2.85. The van der Waals surface area contributed by atoms with Gasteiger partial charge in [0, 0.05) is 17.3 Å². The van der Waals surface area contributed by atoms with Gasteiger partial charge in [-0.05, 0) is 42.6 Å². The molecule has 1 unspecified atom stereocenters. The predicted molar refractivity (Wildman–Crippen MR) is 102 cm³/mol. The maximum atomic E-state index is 4.34. The Labute approximate surface area is 145 Å². The Morgan fingerprint density at radius 2 is 1.67 bits per heavy atom. The van der Waals surface area contributed by atoms with Crippen LogP contribution in [0.15, 0.2) is 89.7 Å². The molecule has 120 valence electrons. The van der Waals surface area contributed by atoms with Crippen molar-refractivity contribution in [3.8, 4) is 0 Å². The molecule has 4 rings (SSSR count). The highest BCUT2D eigenvalue weighted by Crippen LogP contribution is 2.41. The van der Waals surface area contributed by atoms with Crippen LogP contribution in [0.3, 0.4) is 0 Å².